The zero-order chi connectivity index (χ0) is 14.1. The Labute approximate surface area is 127 Å². The van der Waals surface area contributed by atoms with Crippen LogP contribution in [-0.4, -0.2) is 32.1 Å². The fraction of sp³-hybridized carbons (Fsp3) is 0.533. The van der Waals surface area contributed by atoms with E-state index in [1.807, 2.05) is 31.2 Å². The maximum absolute atomic E-state index is 11.5. The van der Waals surface area contributed by atoms with Gasteiger partial charge in [-0.2, -0.15) is 0 Å². The largest absolute Gasteiger partial charge is 0.484 e. The highest BCUT2D eigenvalue weighted by Crippen LogP contribution is 2.18. The SMILES string of the molecule is CCNCCNC(=O)COc1ccc(C(C)C)cc1.Cl. The molecule has 2 N–H and O–H groups in total. The molecule has 0 unspecified atom stereocenters. The first-order chi connectivity index (χ1) is 9.13. The number of rotatable bonds is 8. The summed E-state index contributed by atoms with van der Waals surface area (Å²) in [6, 6.07) is 7.87. The average molecular weight is 301 g/mol. The van der Waals surface area contributed by atoms with Gasteiger partial charge in [-0.1, -0.05) is 32.9 Å². The molecule has 114 valence electrons. The van der Waals surface area contributed by atoms with E-state index >= 15 is 0 Å². The molecule has 0 aliphatic rings. The molecule has 0 atom stereocenters. The number of hydrogen-bond acceptors (Lipinski definition) is 3. The molecule has 0 radical (unpaired) electrons. The molecule has 0 heterocycles. The highest BCUT2D eigenvalue weighted by Gasteiger charge is 2.03. The number of likely N-dealkylation sites (N-methyl/N-ethyl adjacent to an activating group) is 1. The van der Waals surface area contributed by atoms with Crippen LogP contribution in [0.25, 0.3) is 0 Å². The molecule has 0 fully saturated rings. The van der Waals surface area contributed by atoms with Gasteiger partial charge in [0, 0.05) is 13.1 Å². The summed E-state index contributed by atoms with van der Waals surface area (Å²) in [5.41, 5.74) is 1.27. The van der Waals surface area contributed by atoms with Crippen LogP contribution in [0.2, 0.25) is 0 Å². The molecule has 0 aliphatic carbocycles. The van der Waals surface area contributed by atoms with Crippen LogP contribution in [0, 0.1) is 0 Å². The van der Waals surface area contributed by atoms with Crippen molar-refractivity contribution in [2.24, 2.45) is 0 Å². The van der Waals surface area contributed by atoms with E-state index in [-0.39, 0.29) is 24.9 Å². The van der Waals surface area contributed by atoms with E-state index in [0.29, 0.717) is 12.5 Å². The van der Waals surface area contributed by atoms with E-state index < -0.39 is 0 Å². The van der Waals surface area contributed by atoms with Gasteiger partial charge in [0.2, 0.25) is 0 Å². The maximum Gasteiger partial charge on any atom is 0.257 e. The Morgan fingerprint density at radius 2 is 1.85 bits per heavy atom. The van der Waals surface area contributed by atoms with Crippen LogP contribution in [-0.2, 0) is 4.79 Å². The van der Waals surface area contributed by atoms with Gasteiger partial charge in [-0.05, 0) is 30.2 Å². The predicted octanol–water partition coefficient (Wildman–Crippen LogP) is 2.34. The minimum atomic E-state index is -0.0918. The number of carbonyl (C=O) groups excluding carboxylic acids is 1. The smallest absolute Gasteiger partial charge is 0.257 e. The monoisotopic (exact) mass is 300 g/mol. The van der Waals surface area contributed by atoms with Crippen molar-refractivity contribution in [1.29, 1.82) is 0 Å². The normalized spacial score (nSPS) is 10.0. The van der Waals surface area contributed by atoms with Gasteiger partial charge in [0.05, 0.1) is 0 Å². The molecule has 0 spiro atoms. The van der Waals surface area contributed by atoms with Gasteiger partial charge < -0.3 is 15.4 Å². The summed E-state index contributed by atoms with van der Waals surface area (Å²) in [6.07, 6.45) is 0. The van der Waals surface area contributed by atoms with E-state index in [9.17, 15) is 4.79 Å². The lowest BCUT2D eigenvalue weighted by Gasteiger charge is -2.09. The highest BCUT2D eigenvalue weighted by atomic mass is 35.5. The molecular formula is C15H25ClN2O2. The number of carbonyl (C=O) groups is 1. The summed E-state index contributed by atoms with van der Waals surface area (Å²) >= 11 is 0. The van der Waals surface area contributed by atoms with Crippen LogP contribution in [0.3, 0.4) is 0 Å². The molecular weight excluding hydrogens is 276 g/mol. The Kier molecular flexibility index (Phi) is 9.86. The van der Waals surface area contributed by atoms with Crippen LogP contribution < -0.4 is 15.4 Å². The van der Waals surface area contributed by atoms with Crippen molar-refractivity contribution in [3.05, 3.63) is 29.8 Å². The summed E-state index contributed by atoms with van der Waals surface area (Å²) in [7, 11) is 0. The highest BCUT2D eigenvalue weighted by molar-refractivity contribution is 5.85. The fourth-order valence-corrected chi connectivity index (χ4v) is 1.62. The third kappa shape index (κ3) is 7.36. The Morgan fingerprint density at radius 1 is 1.20 bits per heavy atom. The molecule has 0 aromatic heterocycles. The van der Waals surface area contributed by atoms with Crippen LogP contribution in [0.4, 0.5) is 0 Å². The summed E-state index contributed by atoms with van der Waals surface area (Å²) in [6.45, 7) is 8.71. The van der Waals surface area contributed by atoms with Crippen molar-refractivity contribution < 1.29 is 9.53 Å². The van der Waals surface area contributed by atoms with E-state index in [0.717, 1.165) is 18.8 Å². The molecule has 5 heteroatoms. The van der Waals surface area contributed by atoms with Crippen LogP contribution in [0.15, 0.2) is 24.3 Å². The predicted molar refractivity (Wildman–Crippen MR) is 84.8 cm³/mol. The second-order valence-corrected chi connectivity index (χ2v) is 4.72. The lowest BCUT2D eigenvalue weighted by Crippen LogP contribution is -2.34. The summed E-state index contributed by atoms with van der Waals surface area (Å²) in [5, 5.41) is 5.93. The first kappa shape index (κ1) is 18.7. The number of amides is 1. The maximum atomic E-state index is 11.5. The van der Waals surface area contributed by atoms with Gasteiger partial charge in [-0.15, -0.1) is 12.4 Å². The summed E-state index contributed by atoms with van der Waals surface area (Å²) < 4.78 is 5.43. The standard InChI is InChI=1S/C15H24N2O2.ClH/c1-4-16-9-10-17-15(18)11-19-14-7-5-13(6-8-14)12(2)3;/h5-8,12,16H,4,9-11H2,1-3H3,(H,17,18);1H. The Morgan fingerprint density at radius 3 is 2.40 bits per heavy atom. The molecule has 4 nitrogen and oxygen atoms in total. The molecule has 1 aromatic rings. The van der Waals surface area contributed by atoms with Crippen LogP contribution >= 0.6 is 12.4 Å². The van der Waals surface area contributed by atoms with Gasteiger partial charge in [0.1, 0.15) is 5.75 Å². The molecule has 1 amide bonds. The lowest BCUT2D eigenvalue weighted by molar-refractivity contribution is -0.123. The fourth-order valence-electron chi connectivity index (χ4n) is 1.62. The van der Waals surface area contributed by atoms with E-state index in [4.69, 9.17) is 4.74 Å². The number of halogens is 1. The number of hydrogen-bond donors (Lipinski definition) is 2. The van der Waals surface area contributed by atoms with Gasteiger partial charge in [0.25, 0.3) is 5.91 Å². The van der Waals surface area contributed by atoms with Crippen molar-refractivity contribution in [1.82, 2.24) is 10.6 Å². The van der Waals surface area contributed by atoms with E-state index in [1.54, 1.807) is 0 Å². The van der Waals surface area contributed by atoms with E-state index in [1.165, 1.54) is 5.56 Å². The van der Waals surface area contributed by atoms with Crippen molar-refractivity contribution in [2.45, 2.75) is 26.7 Å². The minimum Gasteiger partial charge on any atom is -0.484 e. The van der Waals surface area contributed by atoms with Gasteiger partial charge in [0.15, 0.2) is 6.61 Å². The first-order valence-corrected chi connectivity index (χ1v) is 6.83. The number of nitrogens with one attached hydrogen (secondary N) is 2. The topological polar surface area (TPSA) is 50.4 Å². The number of benzene rings is 1. The van der Waals surface area contributed by atoms with Crippen LogP contribution in [0.1, 0.15) is 32.3 Å². The Bertz CT molecular complexity index is 380. The Balaban J connectivity index is 0.00000361. The lowest BCUT2D eigenvalue weighted by atomic mass is 10.0. The molecule has 0 aliphatic heterocycles. The van der Waals surface area contributed by atoms with Crippen molar-refractivity contribution >= 4 is 18.3 Å². The summed E-state index contributed by atoms with van der Waals surface area (Å²) in [4.78, 5) is 11.5. The van der Waals surface area contributed by atoms with Gasteiger partial charge in [-0.25, -0.2) is 0 Å². The van der Waals surface area contributed by atoms with Crippen molar-refractivity contribution in [2.75, 3.05) is 26.2 Å². The third-order valence-corrected chi connectivity index (χ3v) is 2.79. The molecule has 1 rings (SSSR count). The molecule has 20 heavy (non-hydrogen) atoms. The Hall–Kier alpha value is -1.26. The zero-order valence-electron chi connectivity index (χ0n) is 12.4. The average Bonchev–Trinajstić information content (AvgIpc) is 2.42. The zero-order valence-corrected chi connectivity index (χ0v) is 13.3. The molecule has 0 saturated heterocycles. The quantitative estimate of drug-likeness (QED) is 0.725. The van der Waals surface area contributed by atoms with Crippen LogP contribution in [0.5, 0.6) is 5.75 Å². The van der Waals surface area contributed by atoms with Crippen molar-refractivity contribution in [3.8, 4) is 5.75 Å². The molecule has 1 aromatic carbocycles. The summed E-state index contributed by atoms with van der Waals surface area (Å²) in [5.74, 6) is 1.14. The van der Waals surface area contributed by atoms with Gasteiger partial charge >= 0.3 is 0 Å². The van der Waals surface area contributed by atoms with E-state index in [2.05, 4.69) is 24.5 Å². The number of ether oxygens (including phenoxy) is 1. The second-order valence-electron chi connectivity index (χ2n) is 4.72. The molecule has 0 bridgehead atoms. The molecule has 0 saturated carbocycles. The van der Waals surface area contributed by atoms with Gasteiger partial charge in [-0.3, -0.25) is 4.79 Å². The first-order valence-electron chi connectivity index (χ1n) is 6.83. The minimum absolute atomic E-state index is 0. The third-order valence-electron chi connectivity index (χ3n) is 2.79. The second kappa shape index (κ2) is 10.5. The van der Waals surface area contributed by atoms with Crippen molar-refractivity contribution in [3.63, 3.8) is 0 Å².